The van der Waals surface area contributed by atoms with Crippen LogP contribution in [0.4, 0.5) is 0 Å². The van der Waals surface area contributed by atoms with Crippen LogP contribution in [-0.4, -0.2) is 27.7 Å². The minimum Gasteiger partial charge on any atom is -0.393 e. The molecular weight excluding hydrogens is 178 g/mol. The Bertz CT molecular complexity index is 234. The minimum absolute atomic E-state index is 0.209. The van der Waals surface area contributed by atoms with Crippen molar-refractivity contribution in [2.24, 2.45) is 5.92 Å². The van der Waals surface area contributed by atoms with E-state index in [1.807, 2.05) is 13.8 Å². The van der Waals surface area contributed by atoms with Gasteiger partial charge in [0.15, 0.2) is 0 Å². The Hall–Kier alpha value is -0.870. The van der Waals surface area contributed by atoms with Crippen molar-refractivity contribution in [3.8, 4) is 0 Å². The summed E-state index contributed by atoms with van der Waals surface area (Å²) < 4.78 is 0. The van der Waals surface area contributed by atoms with Gasteiger partial charge in [-0.05, 0) is 18.9 Å². The fourth-order valence-electron chi connectivity index (χ4n) is 1.18. The van der Waals surface area contributed by atoms with E-state index in [4.69, 9.17) is 0 Å². The molecule has 14 heavy (non-hydrogen) atoms. The van der Waals surface area contributed by atoms with Gasteiger partial charge in [-0.15, -0.1) is 0 Å². The van der Waals surface area contributed by atoms with Crippen LogP contribution in [0.2, 0.25) is 0 Å². The zero-order chi connectivity index (χ0) is 10.4. The average molecular weight is 197 g/mol. The van der Waals surface area contributed by atoms with Crippen LogP contribution < -0.4 is 5.32 Å². The topological polar surface area (TPSA) is 60.9 Å². The molecule has 1 aromatic heterocycles. The lowest BCUT2D eigenvalue weighted by Gasteiger charge is -2.13. The van der Waals surface area contributed by atoms with Crippen LogP contribution in [0, 0.1) is 5.92 Å². The first-order chi connectivity index (χ1) is 6.70. The standard InChI is InChI=1S/C10H19N3O/c1-8(2)9(14)3-4-11-7-10-12-5-6-13-10/h5-6,8-9,11,14H,3-4,7H2,1-2H3,(H,12,13). The lowest BCUT2D eigenvalue weighted by atomic mass is 10.0. The zero-order valence-electron chi connectivity index (χ0n) is 8.83. The van der Waals surface area contributed by atoms with E-state index < -0.39 is 0 Å². The molecule has 0 saturated carbocycles. The molecule has 0 amide bonds. The van der Waals surface area contributed by atoms with Gasteiger partial charge >= 0.3 is 0 Å². The maximum Gasteiger partial charge on any atom is 0.120 e. The van der Waals surface area contributed by atoms with E-state index in [1.165, 1.54) is 0 Å². The lowest BCUT2D eigenvalue weighted by Crippen LogP contribution is -2.23. The van der Waals surface area contributed by atoms with Gasteiger partial charge in [0.05, 0.1) is 12.6 Å². The van der Waals surface area contributed by atoms with Crippen LogP contribution in [0.5, 0.6) is 0 Å². The van der Waals surface area contributed by atoms with E-state index in [1.54, 1.807) is 12.4 Å². The molecule has 0 saturated heterocycles. The maximum absolute atomic E-state index is 9.52. The van der Waals surface area contributed by atoms with Gasteiger partial charge in [0.1, 0.15) is 5.82 Å². The Morgan fingerprint density at radius 1 is 1.57 bits per heavy atom. The molecule has 4 heteroatoms. The average Bonchev–Trinajstić information content (AvgIpc) is 2.64. The minimum atomic E-state index is -0.209. The van der Waals surface area contributed by atoms with Crippen molar-refractivity contribution in [2.75, 3.05) is 6.54 Å². The maximum atomic E-state index is 9.52. The largest absolute Gasteiger partial charge is 0.393 e. The molecule has 0 aliphatic heterocycles. The third-order valence-electron chi connectivity index (χ3n) is 2.23. The van der Waals surface area contributed by atoms with Crippen molar-refractivity contribution >= 4 is 0 Å². The molecule has 0 fully saturated rings. The van der Waals surface area contributed by atoms with E-state index in [-0.39, 0.29) is 6.10 Å². The first kappa shape index (κ1) is 11.2. The van der Waals surface area contributed by atoms with Crippen LogP contribution in [0.1, 0.15) is 26.1 Å². The molecule has 1 rings (SSSR count). The normalized spacial score (nSPS) is 13.4. The lowest BCUT2D eigenvalue weighted by molar-refractivity contribution is 0.116. The van der Waals surface area contributed by atoms with Gasteiger partial charge in [-0.25, -0.2) is 4.98 Å². The number of aliphatic hydroxyl groups is 1. The second-order valence-corrected chi connectivity index (χ2v) is 3.81. The van der Waals surface area contributed by atoms with Crippen molar-refractivity contribution in [3.05, 3.63) is 18.2 Å². The summed E-state index contributed by atoms with van der Waals surface area (Å²) in [4.78, 5) is 7.10. The summed E-state index contributed by atoms with van der Waals surface area (Å²) in [5.74, 6) is 1.27. The Morgan fingerprint density at radius 2 is 2.36 bits per heavy atom. The number of nitrogens with zero attached hydrogens (tertiary/aromatic N) is 1. The number of nitrogens with one attached hydrogen (secondary N) is 2. The smallest absolute Gasteiger partial charge is 0.120 e. The molecule has 0 radical (unpaired) electrons. The highest BCUT2D eigenvalue weighted by molar-refractivity contribution is 4.85. The summed E-state index contributed by atoms with van der Waals surface area (Å²) >= 11 is 0. The molecule has 0 spiro atoms. The quantitative estimate of drug-likeness (QED) is 0.594. The number of aliphatic hydroxyl groups excluding tert-OH is 1. The molecular formula is C10H19N3O. The second-order valence-electron chi connectivity index (χ2n) is 3.81. The summed E-state index contributed by atoms with van der Waals surface area (Å²) in [6, 6.07) is 0. The highest BCUT2D eigenvalue weighted by Gasteiger charge is 2.07. The fraction of sp³-hybridized carbons (Fsp3) is 0.700. The summed E-state index contributed by atoms with van der Waals surface area (Å²) in [6.45, 7) is 5.60. The van der Waals surface area contributed by atoms with E-state index in [0.29, 0.717) is 5.92 Å². The van der Waals surface area contributed by atoms with Gasteiger partial charge in [0.2, 0.25) is 0 Å². The molecule has 1 unspecified atom stereocenters. The first-order valence-electron chi connectivity index (χ1n) is 5.07. The molecule has 3 N–H and O–H groups in total. The van der Waals surface area contributed by atoms with Crippen molar-refractivity contribution < 1.29 is 5.11 Å². The van der Waals surface area contributed by atoms with Gasteiger partial charge in [-0.1, -0.05) is 13.8 Å². The third-order valence-corrected chi connectivity index (χ3v) is 2.23. The summed E-state index contributed by atoms with van der Waals surface area (Å²) in [6.07, 6.45) is 4.12. The number of aromatic amines is 1. The Morgan fingerprint density at radius 3 is 2.93 bits per heavy atom. The molecule has 0 aliphatic rings. The Labute approximate surface area is 84.8 Å². The van der Waals surface area contributed by atoms with Crippen LogP contribution in [0.3, 0.4) is 0 Å². The van der Waals surface area contributed by atoms with Gasteiger partial charge in [0, 0.05) is 12.4 Å². The second kappa shape index (κ2) is 5.78. The number of rotatable bonds is 6. The number of imidazole rings is 1. The van der Waals surface area contributed by atoms with E-state index >= 15 is 0 Å². The monoisotopic (exact) mass is 197 g/mol. The zero-order valence-corrected chi connectivity index (χ0v) is 8.83. The molecule has 80 valence electrons. The molecule has 0 aliphatic carbocycles. The molecule has 0 aromatic carbocycles. The molecule has 0 bridgehead atoms. The Balaban J connectivity index is 2.05. The number of H-pyrrole nitrogens is 1. The summed E-state index contributed by atoms with van der Waals surface area (Å²) in [7, 11) is 0. The summed E-state index contributed by atoms with van der Waals surface area (Å²) in [5, 5.41) is 12.7. The first-order valence-corrected chi connectivity index (χ1v) is 5.07. The van der Waals surface area contributed by atoms with Gasteiger partial charge in [-0.2, -0.15) is 0 Å². The van der Waals surface area contributed by atoms with Crippen LogP contribution in [0.25, 0.3) is 0 Å². The number of hydrogen-bond acceptors (Lipinski definition) is 3. The third kappa shape index (κ3) is 3.89. The predicted octanol–water partition coefficient (Wildman–Crippen LogP) is 0.906. The number of hydrogen-bond donors (Lipinski definition) is 3. The highest BCUT2D eigenvalue weighted by atomic mass is 16.3. The van der Waals surface area contributed by atoms with Gasteiger partial charge in [-0.3, -0.25) is 0 Å². The van der Waals surface area contributed by atoms with Crippen LogP contribution in [-0.2, 0) is 6.54 Å². The number of aromatic nitrogens is 2. The van der Waals surface area contributed by atoms with Crippen molar-refractivity contribution in [3.63, 3.8) is 0 Å². The predicted molar refractivity (Wildman–Crippen MR) is 55.8 cm³/mol. The molecule has 4 nitrogen and oxygen atoms in total. The summed E-state index contributed by atoms with van der Waals surface area (Å²) in [5.41, 5.74) is 0. The SMILES string of the molecule is CC(C)C(O)CCNCc1ncc[nH]1. The fourth-order valence-corrected chi connectivity index (χ4v) is 1.18. The van der Waals surface area contributed by atoms with E-state index in [0.717, 1.165) is 25.3 Å². The molecule has 1 heterocycles. The van der Waals surface area contributed by atoms with Gasteiger partial charge < -0.3 is 15.4 Å². The van der Waals surface area contributed by atoms with Crippen molar-refractivity contribution in [1.29, 1.82) is 0 Å². The van der Waals surface area contributed by atoms with E-state index in [9.17, 15) is 5.11 Å². The van der Waals surface area contributed by atoms with Gasteiger partial charge in [0.25, 0.3) is 0 Å². The molecule has 1 aromatic rings. The van der Waals surface area contributed by atoms with Crippen molar-refractivity contribution in [1.82, 2.24) is 15.3 Å². The van der Waals surface area contributed by atoms with E-state index in [2.05, 4.69) is 15.3 Å². The van der Waals surface area contributed by atoms with Crippen molar-refractivity contribution in [2.45, 2.75) is 32.9 Å². The highest BCUT2D eigenvalue weighted by Crippen LogP contribution is 2.03. The molecule has 1 atom stereocenters. The van der Waals surface area contributed by atoms with Crippen LogP contribution in [0.15, 0.2) is 12.4 Å². The Kier molecular flexibility index (Phi) is 4.62. The van der Waals surface area contributed by atoms with Crippen LogP contribution >= 0.6 is 0 Å².